The van der Waals surface area contributed by atoms with Crippen molar-refractivity contribution in [3.8, 4) is 11.8 Å². The monoisotopic (exact) mass is 451 g/mol. The summed E-state index contributed by atoms with van der Waals surface area (Å²) in [5.74, 6) is 0.793. The van der Waals surface area contributed by atoms with E-state index in [1.165, 1.54) is 4.88 Å². The van der Waals surface area contributed by atoms with Crippen LogP contribution in [0.15, 0.2) is 71.2 Å². The van der Waals surface area contributed by atoms with Gasteiger partial charge in [-0.2, -0.15) is 5.26 Å². The fraction of sp³-hybridized carbons (Fsp3) is 0.179. The Kier molecular flexibility index (Phi) is 6.97. The lowest BCUT2D eigenvalue weighted by Crippen LogP contribution is -2.09. The molecular formula is C28H25N3OS. The van der Waals surface area contributed by atoms with Gasteiger partial charge in [-0.3, -0.25) is 9.98 Å². The molecule has 0 aliphatic carbocycles. The van der Waals surface area contributed by atoms with E-state index in [9.17, 15) is 0 Å². The molecule has 0 aliphatic heterocycles. The number of hydrogen-bond acceptors (Lipinski definition) is 5. The van der Waals surface area contributed by atoms with Gasteiger partial charge >= 0.3 is 0 Å². The Morgan fingerprint density at radius 1 is 1.21 bits per heavy atom. The maximum Gasteiger partial charge on any atom is 0.128 e. The van der Waals surface area contributed by atoms with Crippen LogP contribution in [0.1, 0.15) is 39.6 Å². The molecule has 4 rings (SSSR count). The number of rotatable bonds is 7. The molecule has 0 fully saturated rings. The summed E-state index contributed by atoms with van der Waals surface area (Å²) in [6, 6.07) is 18.1. The fourth-order valence-corrected chi connectivity index (χ4v) is 4.63. The van der Waals surface area contributed by atoms with Gasteiger partial charge in [0.1, 0.15) is 5.75 Å². The molecule has 5 heteroatoms. The molecule has 0 amide bonds. The minimum atomic E-state index is 0.632. The highest BCUT2D eigenvalue weighted by molar-refractivity contribution is 7.09. The van der Waals surface area contributed by atoms with E-state index < -0.39 is 0 Å². The Morgan fingerprint density at radius 2 is 2.03 bits per heavy atom. The van der Waals surface area contributed by atoms with Crippen molar-refractivity contribution >= 4 is 34.0 Å². The van der Waals surface area contributed by atoms with Crippen LogP contribution in [-0.2, 0) is 12.8 Å². The van der Waals surface area contributed by atoms with Crippen molar-refractivity contribution < 1.29 is 4.74 Å². The minimum Gasteiger partial charge on any atom is -0.496 e. The van der Waals surface area contributed by atoms with Crippen LogP contribution in [-0.4, -0.2) is 24.9 Å². The maximum atomic E-state index is 9.17. The lowest BCUT2D eigenvalue weighted by atomic mass is 9.92. The number of benzene rings is 2. The molecule has 0 bridgehead atoms. The number of aromatic nitrogens is 1. The molecule has 0 spiro atoms. The first kappa shape index (κ1) is 22.4. The van der Waals surface area contributed by atoms with Crippen LogP contribution in [0.2, 0.25) is 0 Å². The predicted molar refractivity (Wildman–Crippen MR) is 137 cm³/mol. The first-order valence-corrected chi connectivity index (χ1v) is 11.7. The van der Waals surface area contributed by atoms with Gasteiger partial charge in [-0.15, -0.1) is 11.3 Å². The number of methoxy groups -OCH3 is 1. The van der Waals surface area contributed by atoms with Gasteiger partial charge < -0.3 is 4.74 Å². The van der Waals surface area contributed by atoms with Crippen molar-refractivity contribution in [2.75, 3.05) is 14.2 Å². The van der Waals surface area contributed by atoms with Crippen molar-refractivity contribution in [3.05, 3.63) is 98.9 Å². The number of allylic oxidation sites excluding steroid dienone is 1. The third-order valence-corrected chi connectivity index (χ3v) is 6.52. The zero-order valence-electron chi connectivity index (χ0n) is 19.0. The molecule has 0 aliphatic rings. The van der Waals surface area contributed by atoms with Crippen molar-refractivity contribution in [2.45, 2.75) is 19.8 Å². The normalized spacial score (nSPS) is 11.8. The van der Waals surface area contributed by atoms with Gasteiger partial charge in [0.15, 0.2) is 0 Å². The van der Waals surface area contributed by atoms with E-state index in [4.69, 9.17) is 15.0 Å². The SMILES string of the molecule is CCc1cnc2cc(OC)c(/C=C\Cc3cccs3)cc2c1C(=NC)c1ccc(C#N)cc1. The molecule has 2 aromatic carbocycles. The number of aryl methyl sites for hydroxylation is 1. The second-order valence-corrected chi connectivity index (χ2v) is 8.60. The quantitative estimate of drug-likeness (QED) is 0.303. The summed E-state index contributed by atoms with van der Waals surface area (Å²) < 4.78 is 5.69. The average molecular weight is 452 g/mol. The maximum absolute atomic E-state index is 9.17. The molecule has 0 atom stereocenters. The highest BCUT2D eigenvalue weighted by atomic mass is 32.1. The molecule has 4 nitrogen and oxygen atoms in total. The van der Waals surface area contributed by atoms with Gasteiger partial charge in [-0.25, -0.2) is 0 Å². The highest BCUT2D eigenvalue weighted by Gasteiger charge is 2.17. The van der Waals surface area contributed by atoms with E-state index in [0.717, 1.165) is 57.5 Å². The molecule has 2 heterocycles. The van der Waals surface area contributed by atoms with E-state index in [1.807, 2.05) is 43.6 Å². The Morgan fingerprint density at radius 3 is 2.67 bits per heavy atom. The zero-order valence-corrected chi connectivity index (χ0v) is 19.8. The van der Waals surface area contributed by atoms with Crippen LogP contribution >= 0.6 is 11.3 Å². The summed E-state index contributed by atoms with van der Waals surface area (Å²) in [7, 11) is 3.50. The number of thiophene rings is 1. The second kappa shape index (κ2) is 10.2. The predicted octanol–water partition coefficient (Wildman–Crippen LogP) is 6.46. The van der Waals surface area contributed by atoms with Crippen LogP contribution < -0.4 is 4.74 Å². The van der Waals surface area contributed by atoms with Crippen molar-refractivity contribution in [1.29, 1.82) is 5.26 Å². The Hall–Kier alpha value is -3.75. The van der Waals surface area contributed by atoms with Crippen LogP contribution in [0, 0.1) is 11.3 Å². The van der Waals surface area contributed by atoms with Crippen molar-refractivity contribution in [1.82, 2.24) is 4.98 Å². The fourth-order valence-electron chi connectivity index (χ4n) is 3.95. The van der Waals surface area contributed by atoms with E-state index in [-0.39, 0.29) is 0 Å². The van der Waals surface area contributed by atoms with Crippen molar-refractivity contribution in [2.24, 2.45) is 4.99 Å². The molecule has 0 N–H and O–H groups in total. The summed E-state index contributed by atoms with van der Waals surface area (Å²) in [4.78, 5) is 10.7. The average Bonchev–Trinajstić information content (AvgIpc) is 3.38. The largest absolute Gasteiger partial charge is 0.496 e. The van der Waals surface area contributed by atoms with Gasteiger partial charge in [0.2, 0.25) is 0 Å². The molecule has 164 valence electrons. The molecule has 0 saturated heterocycles. The molecule has 2 aromatic heterocycles. The van der Waals surface area contributed by atoms with Crippen LogP contribution in [0.25, 0.3) is 17.0 Å². The lowest BCUT2D eigenvalue weighted by Gasteiger charge is -2.16. The van der Waals surface area contributed by atoms with Gasteiger partial charge in [-0.05, 0) is 41.6 Å². The Balaban J connectivity index is 1.86. The topological polar surface area (TPSA) is 58.3 Å². The summed E-state index contributed by atoms with van der Waals surface area (Å²) in [5.41, 5.74) is 6.58. The number of hydrogen-bond donors (Lipinski definition) is 0. The van der Waals surface area contributed by atoms with Gasteiger partial charge in [-0.1, -0.05) is 37.3 Å². The third-order valence-electron chi connectivity index (χ3n) is 5.62. The Bertz CT molecular complexity index is 1360. The first-order chi connectivity index (χ1) is 16.2. The zero-order chi connectivity index (χ0) is 23.2. The highest BCUT2D eigenvalue weighted by Crippen LogP contribution is 2.31. The summed E-state index contributed by atoms with van der Waals surface area (Å²) in [6.07, 6.45) is 7.93. The molecular weight excluding hydrogens is 426 g/mol. The van der Waals surface area contributed by atoms with E-state index in [1.54, 1.807) is 18.4 Å². The molecule has 0 unspecified atom stereocenters. The number of ether oxygens (including phenoxy) is 1. The second-order valence-electron chi connectivity index (χ2n) is 7.57. The molecule has 0 saturated carbocycles. The number of nitriles is 1. The van der Waals surface area contributed by atoms with Crippen LogP contribution in [0.4, 0.5) is 0 Å². The smallest absolute Gasteiger partial charge is 0.128 e. The summed E-state index contributed by atoms with van der Waals surface area (Å²) in [6.45, 7) is 2.13. The third kappa shape index (κ3) is 4.72. The number of pyridine rings is 1. The van der Waals surface area contributed by atoms with E-state index in [2.05, 4.69) is 53.7 Å². The van der Waals surface area contributed by atoms with Gasteiger partial charge in [0, 0.05) is 52.7 Å². The van der Waals surface area contributed by atoms with Crippen LogP contribution in [0.5, 0.6) is 5.75 Å². The van der Waals surface area contributed by atoms with Gasteiger partial charge in [0.05, 0.1) is 30.0 Å². The summed E-state index contributed by atoms with van der Waals surface area (Å²) in [5, 5.41) is 12.3. The molecule has 4 aromatic rings. The van der Waals surface area contributed by atoms with Gasteiger partial charge in [0.25, 0.3) is 0 Å². The standard InChI is InChI=1S/C28H25N3OS/c1-4-20-18-31-25-16-26(32-3)22(7-5-8-23-9-6-14-33-23)15-24(25)27(20)28(30-2)21-12-10-19(17-29)11-13-21/h5-7,9-16,18H,4,8H2,1-3H3/b7-5-,30-28?. The Labute approximate surface area is 198 Å². The number of aliphatic imine (C=N–C) groups is 1. The molecule has 0 radical (unpaired) electrons. The summed E-state index contributed by atoms with van der Waals surface area (Å²) >= 11 is 1.76. The number of nitrogens with zero attached hydrogens (tertiary/aromatic N) is 3. The van der Waals surface area contributed by atoms with Crippen LogP contribution in [0.3, 0.4) is 0 Å². The first-order valence-electron chi connectivity index (χ1n) is 10.8. The minimum absolute atomic E-state index is 0.632. The van der Waals surface area contributed by atoms with E-state index in [0.29, 0.717) is 5.56 Å². The van der Waals surface area contributed by atoms with E-state index >= 15 is 0 Å². The van der Waals surface area contributed by atoms with Crippen molar-refractivity contribution in [3.63, 3.8) is 0 Å². The molecule has 33 heavy (non-hydrogen) atoms. The lowest BCUT2D eigenvalue weighted by molar-refractivity contribution is 0.414. The number of fused-ring (bicyclic) bond motifs is 1.